The normalized spacial score (nSPS) is 15.3. The van der Waals surface area contributed by atoms with Crippen LogP contribution in [0, 0.1) is 17.8 Å². The topological polar surface area (TPSA) is 95.9 Å². The first-order chi connectivity index (χ1) is 21.9. The Labute approximate surface area is 269 Å². The number of carbonyl (C=O) groups excluding carboxylic acids is 3. The van der Waals surface area contributed by atoms with Gasteiger partial charge < -0.3 is 20.1 Å². The zero-order chi connectivity index (χ0) is 32.3. The predicted octanol–water partition coefficient (Wildman–Crippen LogP) is 6.41. The summed E-state index contributed by atoms with van der Waals surface area (Å²) in [5.74, 6) is -1.16. The molecule has 7 heteroatoms. The average Bonchev–Trinajstić information content (AvgIpc) is 3.06. The number of nitrogens with zero attached hydrogens (tertiary/aromatic N) is 1. The Hall–Kier alpha value is -3.71. The molecular weight excluding hydrogens is 564 g/mol. The Morgan fingerprint density at radius 1 is 0.933 bits per heavy atom. The Balaban J connectivity index is 1.68. The SMILES string of the molecule is C=CCCC(Cc1ccccc1)C(=O)OCC(CC1CCCCC1)NC(=O)C(CC=C)CC(=O)N(CCO)Cc1ccccc1. The summed E-state index contributed by atoms with van der Waals surface area (Å²) >= 11 is 0. The van der Waals surface area contributed by atoms with Crippen molar-refractivity contribution in [3.8, 4) is 0 Å². The van der Waals surface area contributed by atoms with Crippen LogP contribution in [0.15, 0.2) is 86.0 Å². The van der Waals surface area contributed by atoms with E-state index < -0.39 is 5.92 Å². The van der Waals surface area contributed by atoms with Crippen LogP contribution < -0.4 is 5.32 Å². The van der Waals surface area contributed by atoms with Crippen LogP contribution in [0.3, 0.4) is 0 Å². The van der Waals surface area contributed by atoms with Crippen molar-refractivity contribution in [2.24, 2.45) is 17.8 Å². The third kappa shape index (κ3) is 13.0. The number of nitrogens with one attached hydrogen (secondary N) is 1. The van der Waals surface area contributed by atoms with Gasteiger partial charge in [-0.05, 0) is 49.1 Å². The van der Waals surface area contributed by atoms with Crippen LogP contribution in [-0.2, 0) is 32.1 Å². The second kappa shape index (κ2) is 20.3. The van der Waals surface area contributed by atoms with Crippen molar-refractivity contribution in [1.29, 1.82) is 0 Å². The van der Waals surface area contributed by atoms with Crippen molar-refractivity contribution in [1.82, 2.24) is 10.2 Å². The molecule has 0 bridgehead atoms. The van der Waals surface area contributed by atoms with E-state index in [1.807, 2.05) is 66.7 Å². The van der Waals surface area contributed by atoms with Gasteiger partial charge in [0.2, 0.25) is 11.8 Å². The molecule has 0 heterocycles. The maximum atomic E-state index is 13.7. The van der Waals surface area contributed by atoms with Gasteiger partial charge in [0.05, 0.1) is 24.5 Å². The summed E-state index contributed by atoms with van der Waals surface area (Å²) in [4.78, 5) is 42.0. The quantitative estimate of drug-likeness (QED) is 0.132. The molecule has 2 N–H and O–H groups in total. The van der Waals surface area contributed by atoms with Crippen LogP contribution in [0.5, 0.6) is 0 Å². The van der Waals surface area contributed by atoms with Crippen LogP contribution in [0.2, 0.25) is 0 Å². The van der Waals surface area contributed by atoms with E-state index in [-0.39, 0.29) is 55.9 Å². The molecule has 0 radical (unpaired) electrons. The van der Waals surface area contributed by atoms with Crippen LogP contribution in [-0.4, -0.2) is 53.6 Å². The van der Waals surface area contributed by atoms with Gasteiger partial charge in [0.25, 0.3) is 0 Å². The maximum Gasteiger partial charge on any atom is 0.309 e. The molecule has 0 spiro atoms. The molecular formula is C38H52N2O5. The molecule has 3 rings (SSSR count). The van der Waals surface area contributed by atoms with Crippen molar-refractivity contribution in [2.75, 3.05) is 19.8 Å². The van der Waals surface area contributed by atoms with E-state index >= 15 is 0 Å². The molecule has 0 saturated heterocycles. The molecule has 1 fully saturated rings. The van der Waals surface area contributed by atoms with Gasteiger partial charge in [-0.2, -0.15) is 0 Å². The van der Waals surface area contributed by atoms with Crippen molar-refractivity contribution in [3.05, 3.63) is 97.1 Å². The predicted molar refractivity (Wildman–Crippen MR) is 179 cm³/mol. The maximum absolute atomic E-state index is 13.7. The lowest BCUT2D eigenvalue weighted by atomic mass is 9.84. The van der Waals surface area contributed by atoms with Crippen LogP contribution in [0.4, 0.5) is 0 Å². The number of carbonyl (C=O) groups is 3. The smallest absolute Gasteiger partial charge is 0.309 e. The first kappa shape index (κ1) is 35.8. The molecule has 0 aliphatic heterocycles. The van der Waals surface area contributed by atoms with Crippen LogP contribution >= 0.6 is 0 Å². The molecule has 2 aromatic carbocycles. The number of amides is 2. The molecule has 2 amide bonds. The van der Waals surface area contributed by atoms with Crippen LogP contribution in [0.1, 0.15) is 75.3 Å². The fourth-order valence-corrected chi connectivity index (χ4v) is 6.17. The number of allylic oxidation sites excluding steroid dienone is 2. The third-order valence-electron chi connectivity index (χ3n) is 8.68. The minimum Gasteiger partial charge on any atom is -0.463 e. The van der Waals surface area contributed by atoms with Gasteiger partial charge >= 0.3 is 5.97 Å². The molecule has 0 aromatic heterocycles. The lowest BCUT2D eigenvalue weighted by Gasteiger charge is -2.29. The molecule has 1 aliphatic carbocycles. The Morgan fingerprint density at radius 2 is 1.60 bits per heavy atom. The highest BCUT2D eigenvalue weighted by atomic mass is 16.5. The number of esters is 1. The Morgan fingerprint density at radius 3 is 2.22 bits per heavy atom. The second-order valence-corrected chi connectivity index (χ2v) is 12.3. The molecule has 244 valence electrons. The number of aliphatic hydroxyl groups excluding tert-OH is 1. The lowest BCUT2D eigenvalue weighted by molar-refractivity contribution is -0.150. The summed E-state index contributed by atoms with van der Waals surface area (Å²) in [5.41, 5.74) is 2.03. The van der Waals surface area contributed by atoms with E-state index in [9.17, 15) is 19.5 Å². The highest BCUT2D eigenvalue weighted by Crippen LogP contribution is 2.28. The fraction of sp³-hybridized carbons (Fsp3) is 0.500. The van der Waals surface area contributed by atoms with E-state index in [1.54, 1.807) is 11.0 Å². The van der Waals surface area contributed by atoms with Gasteiger partial charge in [-0.15, -0.1) is 13.2 Å². The summed E-state index contributed by atoms with van der Waals surface area (Å²) in [6.45, 7) is 8.13. The molecule has 1 saturated carbocycles. The summed E-state index contributed by atoms with van der Waals surface area (Å²) in [6.07, 6.45) is 12.3. The van der Waals surface area contributed by atoms with E-state index in [0.717, 1.165) is 30.4 Å². The van der Waals surface area contributed by atoms with Gasteiger partial charge in [0.1, 0.15) is 6.61 Å². The molecule has 1 aliphatic rings. The second-order valence-electron chi connectivity index (χ2n) is 12.3. The highest BCUT2D eigenvalue weighted by Gasteiger charge is 2.29. The monoisotopic (exact) mass is 616 g/mol. The van der Waals surface area contributed by atoms with Gasteiger partial charge in [-0.1, -0.05) is 105 Å². The summed E-state index contributed by atoms with van der Waals surface area (Å²) in [5, 5.41) is 12.8. The summed E-state index contributed by atoms with van der Waals surface area (Å²) in [6, 6.07) is 19.2. The van der Waals surface area contributed by atoms with Crippen molar-refractivity contribution in [3.63, 3.8) is 0 Å². The van der Waals surface area contributed by atoms with Gasteiger partial charge in [0, 0.05) is 19.5 Å². The average molecular weight is 617 g/mol. The highest BCUT2D eigenvalue weighted by molar-refractivity contribution is 5.86. The number of ether oxygens (including phenoxy) is 1. The van der Waals surface area contributed by atoms with E-state index in [1.165, 1.54) is 19.3 Å². The zero-order valence-electron chi connectivity index (χ0n) is 26.8. The first-order valence-electron chi connectivity index (χ1n) is 16.6. The number of aliphatic hydroxyl groups is 1. The lowest BCUT2D eigenvalue weighted by Crippen LogP contribution is -2.45. The standard InChI is InChI=1S/C38H52N2O5/c1-3-5-22-34(25-30-16-9-6-10-17-30)38(44)45-29-35(26-31-18-11-7-12-19-31)39-37(43)33(15-4-2)27-36(42)40(23-24-41)28-32-20-13-8-14-21-32/h3-4,6,8-10,13-14,16-17,20-21,31,33-35,41H,1-2,5,7,11-12,15,18-19,22-29H2,(H,39,43). The number of benzene rings is 2. The third-order valence-corrected chi connectivity index (χ3v) is 8.68. The summed E-state index contributed by atoms with van der Waals surface area (Å²) in [7, 11) is 0. The number of rotatable bonds is 20. The Bertz CT molecular complexity index is 1180. The zero-order valence-corrected chi connectivity index (χ0v) is 26.8. The van der Waals surface area contributed by atoms with Gasteiger partial charge in [0.15, 0.2) is 0 Å². The van der Waals surface area contributed by atoms with E-state index in [2.05, 4.69) is 18.5 Å². The largest absolute Gasteiger partial charge is 0.463 e. The molecule has 3 unspecified atom stereocenters. The van der Waals surface area contributed by atoms with Crippen molar-refractivity contribution < 1.29 is 24.2 Å². The van der Waals surface area contributed by atoms with Gasteiger partial charge in [-0.3, -0.25) is 14.4 Å². The first-order valence-corrected chi connectivity index (χ1v) is 16.6. The van der Waals surface area contributed by atoms with Crippen molar-refractivity contribution >= 4 is 17.8 Å². The van der Waals surface area contributed by atoms with E-state index in [0.29, 0.717) is 38.1 Å². The minimum absolute atomic E-state index is 0.00132. The fourth-order valence-electron chi connectivity index (χ4n) is 6.17. The number of hydrogen-bond acceptors (Lipinski definition) is 5. The molecule has 45 heavy (non-hydrogen) atoms. The van der Waals surface area contributed by atoms with E-state index in [4.69, 9.17) is 4.74 Å². The molecule has 2 aromatic rings. The number of hydrogen-bond donors (Lipinski definition) is 2. The van der Waals surface area contributed by atoms with Gasteiger partial charge in [-0.25, -0.2) is 0 Å². The molecule has 3 atom stereocenters. The summed E-state index contributed by atoms with van der Waals surface area (Å²) < 4.78 is 5.92. The van der Waals surface area contributed by atoms with Crippen molar-refractivity contribution in [2.45, 2.75) is 83.2 Å². The Kier molecular flexibility index (Phi) is 16.2. The minimum atomic E-state index is -0.616. The molecule has 7 nitrogen and oxygen atoms in total. The van der Waals surface area contributed by atoms with Crippen LogP contribution in [0.25, 0.3) is 0 Å².